The van der Waals surface area contributed by atoms with Gasteiger partial charge in [-0.1, -0.05) is 41.9 Å². The number of rotatable bonds is 4. The van der Waals surface area contributed by atoms with Crippen LogP contribution in [0.4, 0.5) is 10.5 Å². The van der Waals surface area contributed by atoms with Crippen LogP contribution in [-0.2, 0) is 9.59 Å². The number of anilines is 1. The summed E-state index contributed by atoms with van der Waals surface area (Å²) >= 11 is 10.2. The Labute approximate surface area is 167 Å². The quantitative estimate of drug-likeness (QED) is 0.680. The molecule has 5 nitrogen and oxygen atoms in total. The Hall–Kier alpha value is -2.09. The van der Waals surface area contributed by atoms with E-state index in [4.69, 9.17) is 11.6 Å². The Bertz CT molecular complexity index is 932. The van der Waals surface area contributed by atoms with Gasteiger partial charge in [0.05, 0.1) is 10.6 Å². The molecule has 1 fully saturated rings. The summed E-state index contributed by atoms with van der Waals surface area (Å²) in [6, 6.07) is 14.1. The molecule has 1 N–H and O–H groups in total. The molecule has 0 atom stereocenters. The Morgan fingerprint density at radius 2 is 1.85 bits per heavy atom. The Morgan fingerprint density at radius 1 is 1.15 bits per heavy atom. The van der Waals surface area contributed by atoms with E-state index in [1.165, 1.54) is 0 Å². The summed E-state index contributed by atoms with van der Waals surface area (Å²) in [4.78, 5) is 38.0. The maximum Gasteiger partial charge on any atom is 0.294 e. The molecule has 132 valence electrons. The molecule has 0 radical (unpaired) electrons. The van der Waals surface area contributed by atoms with E-state index < -0.39 is 17.1 Å². The largest absolute Gasteiger partial charge is 0.324 e. The predicted octanol–water partition coefficient (Wildman–Crippen LogP) is 4.78. The van der Waals surface area contributed by atoms with Crippen molar-refractivity contribution in [3.05, 3.63) is 68.5 Å². The van der Waals surface area contributed by atoms with Gasteiger partial charge in [0, 0.05) is 9.50 Å². The number of halogens is 2. The third kappa shape index (κ3) is 4.17. The van der Waals surface area contributed by atoms with E-state index in [-0.39, 0.29) is 11.4 Å². The molecule has 0 unspecified atom stereocenters. The van der Waals surface area contributed by atoms with Crippen molar-refractivity contribution in [3.8, 4) is 0 Å². The van der Waals surface area contributed by atoms with Crippen LogP contribution >= 0.6 is 39.3 Å². The molecule has 3 amide bonds. The molecular weight excluding hydrogens is 440 g/mol. The van der Waals surface area contributed by atoms with Gasteiger partial charge in [-0.05, 0) is 57.5 Å². The number of carbonyl (C=O) groups is 3. The molecule has 0 aromatic heterocycles. The van der Waals surface area contributed by atoms with E-state index in [0.29, 0.717) is 20.7 Å². The van der Waals surface area contributed by atoms with Crippen LogP contribution in [0.5, 0.6) is 0 Å². The fourth-order valence-corrected chi connectivity index (χ4v) is 3.67. The van der Waals surface area contributed by atoms with Gasteiger partial charge in [0.1, 0.15) is 6.54 Å². The number of nitrogens with zero attached hydrogens (tertiary/aromatic N) is 1. The molecule has 26 heavy (non-hydrogen) atoms. The average Bonchev–Trinajstić information content (AvgIpc) is 2.86. The highest BCUT2D eigenvalue weighted by Crippen LogP contribution is 2.33. The van der Waals surface area contributed by atoms with Gasteiger partial charge in [-0.2, -0.15) is 0 Å². The number of benzene rings is 2. The number of hydrogen-bond donors (Lipinski definition) is 1. The summed E-state index contributed by atoms with van der Waals surface area (Å²) in [5, 5.41) is 2.66. The van der Waals surface area contributed by atoms with Crippen molar-refractivity contribution in [1.82, 2.24) is 4.90 Å². The first-order valence-corrected chi connectivity index (χ1v) is 9.49. The third-order valence-corrected chi connectivity index (χ3v) is 5.46. The van der Waals surface area contributed by atoms with E-state index in [2.05, 4.69) is 21.2 Å². The first-order valence-electron chi connectivity index (χ1n) is 7.50. The number of carbonyl (C=O) groups excluding carboxylic acids is 3. The smallest absolute Gasteiger partial charge is 0.294 e. The summed E-state index contributed by atoms with van der Waals surface area (Å²) in [6.45, 7) is -0.355. The van der Waals surface area contributed by atoms with Gasteiger partial charge in [0.25, 0.3) is 11.1 Å². The standard InChI is InChI=1S/C18H12BrClN2O3S/c19-12-6-2-4-8-14(12)21-16(23)10-22-17(24)15(26-18(22)25)9-11-5-1-3-7-13(11)20/h1-9H,10H2,(H,21,23)/b15-9+. The molecule has 1 saturated heterocycles. The Balaban J connectivity index is 1.72. The van der Waals surface area contributed by atoms with Crippen molar-refractivity contribution in [1.29, 1.82) is 0 Å². The molecule has 0 saturated carbocycles. The van der Waals surface area contributed by atoms with Crippen LogP contribution in [0.3, 0.4) is 0 Å². The van der Waals surface area contributed by atoms with Gasteiger partial charge in [0.15, 0.2) is 0 Å². The second-order valence-electron chi connectivity index (χ2n) is 5.32. The lowest BCUT2D eigenvalue weighted by Gasteiger charge is -2.13. The SMILES string of the molecule is O=C(CN1C(=O)S/C(=C/c2ccccc2Cl)C1=O)Nc1ccccc1Br. The first kappa shape index (κ1) is 18.7. The zero-order valence-corrected chi connectivity index (χ0v) is 16.4. The molecule has 8 heteroatoms. The van der Waals surface area contributed by atoms with Gasteiger partial charge in [-0.25, -0.2) is 0 Å². The van der Waals surface area contributed by atoms with Crippen LogP contribution in [0.25, 0.3) is 6.08 Å². The second-order valence-corrected chi connectivity index (χ2v) is 7.57. The molecule has 0 aliphatic carbocycles. The summed E-state index contributed by atoms with van der Waals surface area (Å²) in [5.41, 5.74) is 1.20. The number of thioether (sulfide) groups is 1. The topological polar surface area (TPSA) is 66.5 Å². The molecule has 2 aromatic rings. The molecule has 0 bridgehead atoms. The molecule has 1 heterocycles. The van der Waals surface area contributed by atoms with E-state index in [1.807, 2.05) is 6.07 Å². The highest BCUT2D eigenvalue weighted by Gasteiger charge is 2.36. The van der Waals surface area contributed by atoms with Crippen LogP contribution in [0, 0.1) is 0 Å². The Kier molecular flexibility index (Phi) is 5.80. The molecule has 2 aromatic carbocycles. The van der Waals surface area contributed by atoms with Gasteiger partial charge in [-0.15, -0.1) is 0 Å². The second kappa shape index (κ2) is 8.07. The maximum atomic E-state index is 12.5. The molecule has 3 rings (SSSR count). The van der Waals surface area contributed by atoms with Crippen LogP contribution in [0.2, 0.25) is 5.02 Å². The van der Waals surface area contributed by atoms with Crippen LogP contribution in [0.15, 0.2) is 57.9 Å². The van der Waals surface area contributed by atoms with Crippen molar-refractivity contribution < 1.29 is 14.4 Å². The minimum Gasteiger partial charge on any atom is -0.324 e. The average molecular weight is 452 g/mol. The van der Waals surface area contributed by atoms with Gasteiger partial charge in [0.2, 0.25) is 5.91 Å². The number of nitrogens with one attached hydrogen (secondary N) is 1. The van der Waals surface area contributed by atoms with E-state index in [1.54, 1.807) is 48.5 Å². The molecule has 0 spiro atoms. The van der Waals surface area contributed by atoms with E-state index in [0.717, 1.165) is 16.7 Å². The van der Waals surface area contributed by atoms with Crippen molar-refractivity contribution in [2.45, 2.75) is 0 Å². The van der Waals surface area contributed by atoms with Crippen LogP contribution < -0.4 is 5.32 Å². The highest BCUT2D eigenvalue weighted by molar-refractivity contribution is 9.10. The zero-order chi connectivity index (χ0) is 18.7. The normalized spacial score (nSPS) is 15.6. The summed E-state index contributed by atoms with van der Waals surface area (Å²) in [6.07, 6.45) is 1.55. The van der Waals surface area contributed by atoms with Crippen molar-refractivity contribution >= 4 is 68.1 Å². The van der Waals surface area contributed by atoms with E-state index in [9.17, 15) is 14.4 Å². The molecular formula is C18H12BrClN2O3S. The summed E-state index contributed by atoms with van der Waals surface area (Å²) < 4.78 is 0.709. The van der Waals surface area contributed by atoms with Crippen LogP contribution in [-0.4, -0.2) is 28.5 Å². The lowest BCUT2D eigenvalue weighted by Crippen LogP contribution is -2.36. The molecule has 1 aliphatic heterocycles. The number of hydrogen-bond acceptors (Lipinski definition) is 4. The predicted molar refractivity (Wildman–Crippen MR) is 107 cm³/mol. The fraction of sp³-hybridized carbons (Fsp3) is 0.0556. The minimum atomic E-state index is -0.512. The summed E-state index contributed by atoms with van der Waals surface area (Å²) in [7, 11) is 0. The number of amides is 3. The van der Waals surface area contributed by atoms with Gasteiger partial charge in [-0.3, -0.25) is 19.3 Å². The Morgan fingerprint density at radius 3 is 2.58 bits per heavy atom. The lowest BCUT2D eigenvalue weighted by molar-refractivity contribution is -0.127. The lowest BCUT2D eigenvalue weighted by atomic mass is 10.2. The number of imide groups is 1. The first-order chi connectivity index (χ1) is 12.5. The third-order valence-electron chi connectivity index (χ3n) is 3.52. The molecule has 1 aliphatic rings. The van der Waals surface area contributed by atoms with Gasteiger partial charge < -0.3 is 5.32 Å². The highest BCUT2D eigenvalue weighted by atomic mass is 79.9. The van der Waals surface area contributed by atoms with Crippen molar-refractivity contribution in [2.24, 2.45) is 0 Å². The van der Waals surface area contributed by atoms with Crippen molar-refractivity contribution in [2.75, 3.05) is 11.9 Å². The number of para-hydroxylation sites is 1. The maximum absolute atomic E-state index is 12.5. The van der Waals surface area contributed by atoms with E-state index >= 15 is 0 Å². The van der Waals surface area contributed by atoms with Crippen molar-refractivity contribution in [3.63, 3.8) is 0 Å². The minimum absolute atomic E-state index is 0.233. The zero-order valence-electron chi connectivity index (χ0n) is 13.2. The van der Waals surface area contributed by atoms with Crippen LogP contribution in [0.1, 0.15) is 5.56 Å². The fourth-order valence-electron chi connectivity index (χ4n) is 2.27. The van der Waals surface area contributed by atoms with Gasteiger partial charge >= 0.3 is 0 Å². The summed E-state index contributed by atoms with van der Waals surface area (Å²) in [5.74, 6) is -0.972. The monoisotopic (exact) mass is 450 g/mol.